The highest BCUT2D eigenvalue weighted by Crippen LogP contribution is 2.28. The standard InChI is InChI=1S/C18H26N4O/c1-12-3-4-16-15(9-12)20-18(23)22(16)14-5-7-21(8-6-14)17-11-19-10-13(17)2/h3-4,9,13-14,17,19H,5-8,10-11H2,1-2H3,(H,20,23). The predicted molar refractivity (Wildman–Crippen MR) is 93.0 cm³/mol. The maximum atomic E-state index is 12.4. The number of aromatic nitrogens is 2. The van der Waals surface area contributed by atoms with Crippen LogP contribution in [0.25, 0.3) is 11.0 Å². The molecule has 2 unspecified atom stereocenters. The van der Waals surface area contributed by atoms with E-state index in [1.54, 1.807) is 0 Å². The molecule has 5 nitrogen and oxygen atoms in total. The number of likely N-dealkylation sites (tertiary alicyclic amines) is 1. The van der Waals surface area contributed by atoms with Crippen LogP contribution in [0, 0.1) is 12.8 Å². The molecular weight excluding hydrogens is 288 g/mol. The lowest BCUT2D eigenvalue weighted by atomic mass is 9.98. The van der Waals surface area contributed by atoms with E-state index in [1.807, 2.05) is 4.57 Å². The number of benzene rings is 1. The number of nitrogens with zero attached hydrogens (tertiary/aromatic N) is 2. The minimum Gasteiger partial charge on any atom is -0.315 e. The van der Waals surface area contributed by atoms with Crippen molar-refractivity contribution in [3.8, 4) is 0 Å². The lowest BCUT2D eigenvalue weighted by molar-refractivity contribution is 0.123. The van der Waals surface area contributed by atoms with Gasteiger partial charge in [-0.1, -0.05) is 13.0 Å². The summed E-state index contributed by atoms with van der Waals surface area (Å²) < 4.78 is 1.99. The van der Waals surface area contributed by atoms with E-state index in [2.05, 4.69) is 47.2 Å². The number of aryl methyl sites for hydroxylation is 1. The van der Waals surface area contributed by atoms with Crippen molar-refractivity contribution < 1.29 is 0 Å². The van der Waals surface area contributed by atoms with E-state index < -0.39 is 0 Å². The van der Waals surface area contributed by atoms with Gasteiger partial charge < -0.3 is 10.3 Å². The summed E-state index contributed by atoms with van der Waals surface area (Å²) in [5, 5.41) is 3.49. The second kappa shape index (κ2) is 5.80. The number of aromatic amines is 1. The summed E-state index contributed by atoms with van der Waals surface area (Å²) in [5.74, 6) is 0.727. The fourth-order valence-corrected chi connectivity index (χ4v) is 4.37. The van der Waals surface area contributed by atoms with Crippen molar-refractivity contribution >= 4 is 11.0 Å². The summed E-state index contributed by atoms with van der Waals surface area (Å²) >= 11 is 0. The third-order valence-corrected chi connectivity index (χ3v) is 5.68. The Balaban J connectivity index is 1.54. The largest absolute Gasteiger partial charge is 0.326 e. The quantitative estimate of drug-likeness (QED) is 0.890. The number of fused-ring (bicyclic) bond motifs is 1. The summed E-state index contributed by atoms with van der Waals surface area (Å²) in [4.78, 5) is 18.1. The predicted octanol–water partition coefficient (Wildman–Crippen LogP) is 1.88. The molecule has 1 aromatic heterocycles. The third kappa shape index (κ3) is 2.62. The van der Waals surface area contributed by atoms with Gasteiger partial charge in [0.05, 0.1) is 11.0 Å². The van der Waals surface area contributed by atoms with E-state index in [0.29, 0.717) is 12.1 Å². The Kier molecular flexibility index (Phi) is 3.77. The van der Waals surface area contributed by atoms with Crippen molar-refractivity contribution in [3.63, 3.8) is 0 Å². The van der Waals surface area contributed by atoms with Gasteiger partial charge in [0, 0.05) is 31.7 Å². The molecule has 2 atom stereocenters. The lowest BCUT2D eigenvalue weighted by Crippen LogP contribution is -2.45. The van der Waals surface area contributed by atoms with Crippen LogP contribution in [0.5, 0.6) is 0 Å². The number of imidazole rings is 1. The molecule has 0 aliphatic carbocycles. The molecule has 2 aliphatic heterocycles. The molecule has 124 valence electrons. The summed E-state index contributed by atoms with van der Waals surface area (Å²) in [7, 11) is 0. The van der Waals surface area contributed by atoms with Gasteiger partial charge in [0.1, 0.15) is 0 Å². The van der Waals surface area contributed by atoms with Gasteiger partial charge in [0.15, 0.2) is 0 Å². The second-order valence-corrected chi connectivity index (χ2v) is 7.29. The van der Waals surface area contributed by atoms with Crippen molar-refractivity contribution in [1.82, 2.24) is 19.8 Å². The Morgan fingerprint density at radius 3 is 2.65 bits per heavy atom. The minimum absolute atomic E-state index is 0.0416. The van der Waals surface area contributed by atoms with Crippen LogP contribution in [0.15, 0.2) is 23.0 Å². The van der Waals surface area contributed by atoms with Gasteiger partial charge in [0.2, 0.25) is 0 Å². The maximum Gasteiger partial charge on any atom is 0.326 e. The zero-order valence-corrected chi connectivity index (χ0v) is 14.0. The molecule has 0 amide bonds. The Morgan fingerprint density at radius 2 is 1.96 bits per heavy atom. The highest BCUT2D eigenvalue weighted by atomic mass is 16.1. The Morgan fingerprint density at radius 1 is 1.17 bits per heavy atom. The summed E-state index contributed by atoms with van der Waals surface area (Å²) in [6, 6.07) is 7.22. The van der Waals surface area contributed by atoms with Crippen molar-refractivity contribution in [2.24, 2.45) is 5.92 Å². The average Bonchev–Trinajstić information content (AvgIpc) is 3.09. The first kappa shape index (κ1) is 15.0. The smallest absolute Gasteiger partial charge is 0.315 e. The molecule has 4 rings (SSSR count). The highest BCUT2D eigenvalue weighted by molar-refractivity contribution is 5.76. The third-order valence-electron chi connectivity index (χ3n) is 5.68. The normalized spacial score (nSPS) is 27.0. The first-order chi connectivity index (χ1) is 11.1. The topological polar surface area (TPSA) is 53.1 Å². The van der Waals surface area contributed by atoms with Gasteiger partial charge in [-0.3, -0.25) is 9.47 Å². The average molecular weight is 314 g/mol. The summed E-state index contributed by atoms with van der Waals surface area (Å²) in [6.07, 6.45) is 2.12. The van der Waals surface area contributed by atoms with Crippen LogP contribution < -0.4 is 11.0 Å². The molecular formula is C18H26N4O. The number of H-pyrrole nitrogens is 1. The zero-order chi connectivity index (χ0) is 16.0. The highest BCUT2D eigenvalue weighted by Gasteiger charge is 2.32. The van der Waals surface area contributed by atoms with Crippen LogP contribution in [0.4, 0.5) is 0 Å². The molecule has 0 saturated carbocycles. The van der Waals surface area contributed by atoms with Gasteiger partial charge in [0.25, 0.3) is 0 Å². The molecule has 0 bridgehead atoms. The van der Waals surface area contributed by atoms with E-state index in [9.17, 15) is 4.79 Å². The lowest BCUT2D eigenvalue weighted by Gasteiger charge is -2.37. The Labute approximate surface area is 136 Å². The van der Waals surface area contributed by atoms with E-state index in [1.165, 1.54) is 5.56 Å². The molecule has 5 heteroatoms. The van der Waals surface area contributed by atoms with Crippen LogP contribution >= 0.6 is 0 Å². The van der Waals surface area contributed by atoms with Crippen LogP contribution in [-0.4, -0.2) is 46.7 Å². The van der Waals surface area contributed by atoms with E-state index in [4.69, 9.17) is 0 Å². The van der Waals surface area contributed by atoms with Crippen molar-refractivity contribution in [3.05, 3.63) is 34.2 Å². The Bertz CT molecular complexity index is 754. The molecule has 2 aromatic rings. The monoisotopic (exact) mass is 314 g/mol. The number of nitrogens with one attached hydrogen (secondary N) is 2. The van der Waals surface area contributed by atoms with Gasteiger partial charge in [-0.15, -0.1) is 0 Å². The Hall–Kier alpha value is -1.59. The molecule has 3 heterocycles. The molecule has 2 saturated heterocycles. The molecule has 0 spiro atoms. The van der Waals surface area contributed by atoms with E-state index >= 15 is 0 Å². The van der Waals surface area contributed by atoms with Gasteiger partial charge >= 0.3 is 5.69 Å². The van der Waals surface area contributed by atoms with E-state index in [0.717, 1.165) is 56.0 Å². The van der Waals surface area contributed by atoms with E-state index in [-0.39, 0.29) is 5.69 Å². The van der Waals surface area contributed by atoms with Crippen molar-refractivity contribution in [1.29, 1.82) is 0 Å². The summed E-state index contributed by atoms with van der Waals surface area (Å²) in [5.41, 5.74) is 3.24. The molecule has 1 aromatic carbocycles. The minimum atomic E-state index is 0.0416. The zero-order valence-electron chi connectivity index (χ0n) is 14.0. The number of piperidine rings is 1. The van der Waals surface area contributed by atoms with Gasteiger partial charge in [-0.05, 0) is 49.9 Å². The number of rotatable bonds is 2. The SMILES string of the molecule is Cc1ccc2c(c1)[nH]c(=O)n2C1CCN(C2CNCC2C)CC1. The van der Waals surface area contributed by atoms with Crippen molar-refractivity contribution in [2.45, 2.75) is 38.8 Å². The first-order valence-corrected chi connectivity index (χ1v) is 8.79. The maximum absolute atomic E-state index is 12.4. The number of hydrogen-bond acceptors (Lipinski definition) is 3. The van der Waals surface area contributed by atoms with Gasteiger partial charge in [-0.2, -0.15) is 0 Å². The van der Waals surface area contributed by atoms with Gasteiger partial charge in [-0.25, -0.2) is 4.79 Å². The van der Waals surface area contributed by atoms with Crippen LogP contribution in [0.2, 0.25) is 0 Å². The fourth-order valence-electron chi connectivity index (χ4n) is 4.37. The molecule has 0 radical (unpaired) electrons. The van der Waals surface area contributed by atoms with Crippen LogP contribution in [-0.2, 0) is 0 Å². The van der Waals surface area contributed by atoms with Crippen molar-refractivity contribution in [2.75, 3.05) is 26.2 Å². The summed E-state index contributed by atoms with van der Waals surface area (Å²) in [6.45, 7) is 8.82. The first-order valence-electron chi connectivity index (χ1n) is 8.79. The molecule has 2 N–H and O–H groups in total. The molecule has 2 fully saturated rings. The second-order valence-electron chi connectivity index (χ2n) is 7.29. The molecule has 2 aliphatic rings. The van der Waals surface area contributed by atoms with Crippen LogP contribution in [0.3, 0.4) is 0 Å². The fraction of sp³-hybridized carbons (Fsp3) is 0.611. The number of hydrogen-bond donors (Lipinski definition) is 2. The molecule has 23 heavy (non-hydrogen) atoms. The van der Waals surface area contributed by atoms with Crippen LogP contribution in [0.1, 0.15) is 31.4 Å².